The van der Waals surface area contributed by atoms with Crippen molar-refractivity contribution in [2.24, 2.45) is 0 Å². The predicted octanol–water partition coefficient (Wildman–Crippen LogP) is 13.6. The highest BCUT2D eigenvalue weighted by Gasteiger charge is 2.35. The summed E-state index contributed by atoms with van der Waals surface area (Å²) in [6.07, 6.45) is 15.2. The molecule has 4 nitrogen and oxygen atoms in total. The van der Waals surface area contributed by atoms with Gasteiger partial charge >= 0.3 is 0 Å². The van der Waals surface area contributed by atoms with Crippen LogP contribution >= 0.6 is 23.1 Å². The number of aryl methyl sites for hydroxylation is 1. The number of nitrogens with zero attached hydrogens (tertiary/aromatic N) is 2. The quantitative estimate of drug-likeness (QED) is 0.0859. The highest BCUT2D eigenvalue weighted by Crippen LogP contribution is 2.51. The van der Waals surface area contributed by atoms with Gasteiger partial charge in [0, 0.05) is 46.5 Å². The molecule has 0 N–H and O–H groups in total. The van der Waals surface area contributed by atoms with E-state index in [1.54, 1.807) is 35.2 Å². The molecule has 58 heavy (non-hydrogen) atoms. The van der Waals surface area contributed by atoms with Crippen molar-refractivity contribution in [3.05, 3.63) is 172 Å². The van der Waals surface area contributed by atoms with Crippen LogP contribution in [0.15, 0.2) is 165 Å². The number of hydrogen-bond acceptors (Lipinski definition) is 5. The number of sulfone groups is 1. The van der Waals surface area contributed by atoms with E-state index in [0.717, 1.165) is 83.9 Å². The van der Waals surface area contributed by atoms with Gasteiger partial charge < -0.3 is 4.90 Å². The number of aromatic nitrogens is 1. The molecule has 0 saturated carbocycles. The molecule has 1 aliphatic carbocycles. The van der Waals surface area contributed by atoms with E-state index < -0.39 is 9.84 Å². The van der Waals surface area contributed by atoms with Crippen molar-refractivity contribution >= 4 is 87.6 Å². The minimum Gasteiger partial charge on any atom is -0.335 e. The smallest absolute Gasteiger partial charge is 0.262 e. The van der Waals surface area contributed by atoms with Gasteiger partial charge in [-0.25, -0.2) is 8.42 Å². The van der Waals surface area contributed by atoms with E-state index in [1.807, 2.05) is 30.3 Å². The van der Waals surface area contributed by atoms with Crippen molar-refractivity contribution < 1.29 is 13.0 Å². The zero-order valence-electron chi connectivity index (χ0n) is 33.0. The Balaban J connectivity index is 1.22. The molecule has 0 bridgehead atoms. The van der Waals surface area contributed by atoms with Gasteiger partial charge in [0.2, 0.25) is 15.4 Å². The summed E-state index contributed by atoms with van der Waals surface area (Å²) in [5.41, 5.74) is 5.73. The summed E-state index contributed by atoms with van der Waals surface area (Å²) >= 11 is 3.57. The SMILES string of the molecule is CCCCCN1/C(=C/C=C2C(S(=O)(=O)c3ccccc3)=C(/C=C/c3sc4c5ccccc5ccc4[n+]3CCCCC)c3ccccc3/2)Sc2c1ccc1ccccc21. The minimum absolute atomic E-state index is 0.292. The summed E-state index contributed by atoms with van der Waals surface area (Å²) in [5, 5.41) is 7.15. The van der Waals surface area contributed by atoms with Gasteiger partial charge in [0.15, 0.2) is 6.54 Å². The fraction of sp³-hybridized carbons (Fsp3) is 0.196. The van der Waals surface area contributed by atoms with E-state index in [2.05, 4.69) is 133 Å². The molecule has 290 valence electrons. The molecule has 0 amide bonds. The Kier molecular flexibility index (Phi) is 10.9. The molecule has 1 aliphatic heterocycles. The molecule has 7 heteroatoms. The number of hydrogen-bond donors (Lipinski definition) is 0. The molecular weight excluding hydrogens is 769 g/mol. The van der Waals surface area contributed by atoms with Crippen molar-refractivity contribution in [1.82, 2.24) is 0 Å². The first-order valence-electron chi connectivity index (χ1n) is 20.5. The molecule has 0 unspecified atom stereocenters. The molecule has 7 aromatic rings. The summed E-state index contributed by atoms with van der Waals surface area (Å²) < 4.78 is 33.8. The lowest BCUT2D eigenvalue weighted by atomic mass is 10.0. The van der Waals surface area contributed by atoms with Crippen LogP contribution in [0.5, 0.6) is 0 Å². The topological polar surface area (TPSA) is 41.3 Å². The average Bonchev–Trinajstić information content (AvgIpc) is 3.92. The van der Waals surface area contributed by atoms with Crippen LogP contribution in [0, 0.1) is 0 Å². The van der Waals surface area contributed by atoms with Crippen LogP contribution in [0.4, 0.5) is 5.69 Å². The van der Waals surface area contributed by atoms with Gasteiger partial charge in [-0.05, 0) is 76.5 Å². The summed E-state index contributed by atoms with van der Waals surface area (Å²) in [6, 6.07) is 43.2. The molecule has 0 saturated heterocycles. The zero-order chi connectivity index (χ0) is 39.6. The predicted molar refractivity (Wildman–Crippen MR) is 248 cm³/mol. The fourth-order valence-electron chi connectivity index (χ4n) is 8.40. The first-order chi connectivity index (χ1) is 28.5. The monoisotopic (exact) mass is 815 g/mol. The number of anilines is 1. The molecule has 0 radical (unpaired) electrons. The molecule has 6 aromatic carbocycles. The van der Waals surface area contributed by atoms with Crippen molar-refractivity contribution in [2.45, 2.75) is 68.7 Å². The molecule has 9 rings (SSSR count). The Hall–Kier alpha value is -5.21. The number of unbranched alkanes of at least 4 members (excludes halogenated alkanes) is 4. The van der Waals surface area contributed by atoms with E-state index in [-0.39, 0.29) is 0 Å². The van der Waals surface area contributed by atoms with Gasteiger partial charge in [0.05, 0.1) is 20.5 Å². The highest BCUT2D eigenvalue weighted by molar-refractivity contribution is 8.04. The standard InChI is InChI=1S/C51H47N2O2S3/c1-3-5-16-34-52-45-30-26-36-18-10-12-22-39(36)49(45)56-47(52)32-28-43-41-24-14-15-25-42(41)44(51(43)58(54,55)38-20-8-7-9-21-38)29-33-48-53(35-17-6-4-2)46-31-27-37-19-11-13-23-40(37)50(46)57-48/h7-15,18-33H,3-6,16-17,34-35H2,1-2H3/q+1. The van der Waals surface area contributed by atoms with Crippen molar-refractivity contribution in [1.29, 1.82) is 0 Å². The molecule has 1 aromatic heterocycles. The summed E-state index contributed by atoms with van der Waals surface area (Å²) in [4.78, 5) is 4.32. The first kappa shape index (κ1) is 38.3. The van der Waals surface area contributed by atoms with Gasteiger partial charge in [-0.1, -0.05) is 159 Å². The molecule has 0 atom stereocenters. The van der Waals surface area contributed by atoms with E-state index in [9.17, 15) is 0 Å². The summed E-state index contributed by atoms with van der Waals surface area (Å²) in [6.45, 7) is 6.28. The highest BCUT2D eigenvalue weighted by atomic mass is 32.2. The lowest BCUT2D eigenvalue weighted by Gasteiger charge is -2.20. The van der Waals surface area contributed by atoms with Gasteiger partial charge in [0.1, 0.15) is 4.70 Å². The number of fused-ring (bicyclic) bond motifs is 7. The molecule has 2 aliphatic rings. The number of allylic oxidation sites excluding steroid dienone is 5. The van der Waals surface area contributed by atoms with Crippen LogP contribution in [0.25, 0.3) is 49.0 Å². The fourth-order valence-corrected chi connectivity index (χ4v) is 12.5. The third kappa shape index (κ3) is 7.03. The van der Waals surface area contributed by atoms with Crippen molar-refractivity contribution in [3.8, 4) is 0 Å². The lowest BCUT2D eigenvalue weighted by Crippen LogP contribution is -2.35. The van der Waals surface area contributed by atoms with Crippen LogP contribution in [0.2, 0.25) is 0 Å². The molecule has 2 heterocycles. The third-order valence-electron chi connectivity index (χ3n) is 11.3. The Morgan fingerprint density at radius 2 is 1.33 bits per heavy atom. The van der Waals surface area contributed by atoms with Crippen LogP contribution < -0.4 is 9.47 Å². The summed E-state index contributed by atoms with van der Waals surface area (Å²) in [7, 11) is -3.94. The largest absolute Gasteiger partial charge is 0.335 e. The maximum Gasteiger partial charge on any atom is 0.262 e. The Morgan fingerprint density at radius 3 is 2.12 bits per heavy atom. The van der Waals surface area contributed by atoms with Crippen molar-refractivity contribution in [2.75, 3.05) is 11.4 Å². The van der Waals surface area contributed by atoms with Crippen LogP contribution in [-0.2, 0) is 16.4 Å². The Bertz CT molecular complexity index is 2920. The van der Waals surface area contributed by atoms with E-state index >= 15 is 8.42 Å². The van der Waals surface area contributed by atoms with E-state index in [1.165, 1.54) is 42.3 Å². The van der Waals surface area contributed by atoms with Crippen LogP contribution in [0.3, 0.4) is 0 Å². The normalized spacial score (nSPS) is 15.6. The lowest BCUT2D eigenvalue weighted by molar-refractivity contribution is -0.669. The Labute approximate surface area is 350 Å². The van der Waals surface area contributed by atoms with Crippen LogP contribution in [-0.4, -0.2) is 15.0 Å². The first-order valence-corrected chi connectivity index (χ1v) is 23.7. The second kappa shape index (κ2) is 16.6. The van der Waals surface area contributed by atoms with Crippen LogP contribution in [0.1, 0.15) is 68.5 Å². The number of benzene rings is 6. The number of rotatable bonds is 13. The van der Waals surface area contributed by atoms with Gasteiger partial charge in [0.25, 0.3) is 5.01 Å². The Morgan fingerprint density at radius 1 is 0.655 bits per heavy atom. The molecular formula is C51H47N2O2S3+. The maximum absolute atomic E-state index is 15.1. The minimum atomic E-state index is -3.94. The third-order valence-corrected chi connectivity index (χ3v) is 15.6. The van der Waals surface area contributed by atoms with Gasteiger partial charge in [-0.15, -0.1) is 0 Å². The van der Waals surface area contributed by atoms with Gasteiger partial charge in [-0.2, -0.15) is 4.57 Å². The second-order valence-corrected chi connectivity index (χ2v) is 19.0. The van der Waals surface area contributed by atoms with Crippen molar-refractivity contribution in [3.63, 3.8) is 0 Å². The summed E-state index contributed by atoms with van der Waals surface area (Å²) in [5.74, 6) is 0. The number of thioether (sulfide) groups is 1. The number of thiazole rings is 1. The average molecular weight is 816 g/mol. The van der Waals surface area contributed by atoms with E-state index in [0.29, 0.717) is 9.80 Å². The molecule has 0 spiro atoms. The second-order valence-electron chi connectivity index (χ2n) is 15.1. The van der Waals surface area contributed by atoms with Gasteiger partial charge in [-0.3, -0.25) is 0 Å². The molecule has 0 fully saturated rings. The van der Waals surface area contributed by atoms with E-state index in [4.69, 9.17) is 0 Å². The zero-order valence-corrected chi connectivity index (χ0v) is 35.5. The maximum atomic E-state index is 15.1.